The van der Waals surface area contributed by atoms with Crippen molar-refractivity contribution in [2.45, 2.75) is 6.54 Å². The van der Waals surface area contributed by atoms with Gasteiger partial charge in [0, 0.05) is 31.2 Å². The molecule has 1 aliphatic rings. The van der Waals surface area contributed by atoms with Gasteiger partial charge in [-0.3, -0.25) is 4.98 Å². The molecule has 0 N–H and O–H groups in total. The van der Waals surface area contributed by atoms with Crippen molar-refractivity contribution in [1.29, 1.82) is 0 Å². The Hall–Kier alpha value is -2.09. The molecule has 1 aromatic carbocycles. The molecule has 0 atom stereocenters. The van der Waals surface area contributed by atoms with Gasteiger partial charge in [-0.05, 0) is 29.3 Å². The van der Waals surface area contributed by atoms with Crippen LogP contribution in [0.15, 0.2) is 54.9 Å². The van der Waals surface area contributed by atoms with Gasteiger partial charge in [0.2, 0.25) is 0 Å². The van der Waals surface area contributed by atoms with Crippen molar-refractivity contribution < 1.29 is 0 Å². The van der Waals surface area contributed by atoms with Gasteiger partial charge in [0.15, 0.2) is 0 Å². The average Bonchev–Trinajstić information content (AvgIpc) is 2.40. The molecule has 0 saturated heterocycles. The first-order valence-corrected chi connectivity index (χ1v) is 5.83. The molecule has 0 bridgehead atoms. The molecule has 0 spiro atoms. The van der Waals surface area contributed by atoms with E-state index in [2.05, 4.69) is 58.4 Å². The molecule has 0 unspecified atom stereocenters. The quantitative estimate of drug-likeness (QED) is 0.776. The summed E-state index contributed by atoms with van der Waals surface area (Å²) in [5, 5.41) is 0. The molecular formula is C15H14N2. The second kappa shape index (κ2) is 4.42. The van der Waals surface area contributed by atoms with Crippen LogP contribution in [0.4, 0.5) is 5.69 Å². The molecular weight excluding hydrogens is 208 g/mol. The summed E-state index contributed by atoms with van der Waals surface area (Å²) in [7, 11) is 0. The van der Waals surface area contributed by atoms with Crippen LogP contribution in [0.25, 0.3) is 6.08 Å². The fourth-order valence-electron chi connectivity index (χ4n) is 2.18. The number of pyridine rings is 1. The first-order chi connectivity index (χ1) is 8.43. The number of benzene rings is 1. The largest absolute Gasteiger partial charge is 0.363 e. The standard InChI is InChI=1S/C15H14N2/c1-2-6-15-14(4-1)5-3-11-17(15)12-13-7-9-16-10-8-13/h1-10H,11-12H2. The third-order valence-corrected chi connectivity index (χ3v) is 3.02. The number of nitrogens with zero attached hydrogens (tertiary/aromatic N) is 2. The minimum absolute atomic E-state index is 0.934. The zero-order valence-corrected chi connectivity index (χ0v) is 9.58. The van der Waals surface area contributed by atoms with Crippen LogP contribution in [0.2, 0.25) is 0 Å². The lowest BCUT2D eigenvalue weighted by Crippen LogP contribution is -2.25. The molecule has 1 aromatic heterocycles. The third-order valence-electron chi connectivity index (χ3n) is 3.02. The average molecular weight is 222 g/mol. The second-order valence-corrected chi connectivity index (χ2v) is 4.20. The highest BCUT2D eigenvalue weighted by molar-refractivity contribution is 5.71. The van der Waals surface area contributed by atoms with E-state index < -0.39 is 0 Å². The van der Waals surface area contributed by atoms with Crippen molar-refractivity contribution in [2.75, 3.05) is 11.4 Å². The molecule has 17 heavy (non-hydrogen) atoms. The maximum atomic E-state index is 4.05. The Morgan fingerprint density at radius 2 is 1.88 bits per heavy atom. The van der Waals surface area contributed by atoms with Gasteiger partial charge < -0.3 is 4.90 Å². The number of fused-ring (bicyclic) bond motifs is 1. The number of anilines is 1. The van der Waals surface area contributed by atoms with Crippen molar-refractivity contribution in [3.63, 3.8) is 0 Å². The predicted octanol–water partition coefficient (Wildman–Crippen LogP) is 3.12. The van der Waals surface area contributed by atoms with E-state index in [9.17, 15) is 0 Å². The van der Waals surface area contributed by atoms with Crippen molar-refractivity contribution >= 4 is 11.8 Å². The Morgan fingerprint density at radius 1 is 1.06 bits per heavy atom. The number of rotatable bonds is 2. The number of aromatic nitrogens is 1. The summed E-state index contributed by atoms with van der Waals surface area (Å²) in [5.74, 6) is 0. The minimum Gasteiger partial charge on any atom is -0.363 e. The van der Waals surface area contributed by atoms with Gasteiger partial charge in [0.25, 0.3) is 0 Å². The van der Waals surface area contributed by atoms with Crippen molar-refractivity contribution in [2.24, 2.45) is 0 Å². The van der Waals surface area contributed by atoms with E-state index in [1.165, 1.54) is 16.8 Å². The first kappa shape index (κ1) is 10.1. The van der Waals surface area contributed by atoms with Gasteiger partial charge in [0.05, 0.1) is 0 Å². The summed E-state index contributed by atoms with van der Waals surface area (Å²) in [6, 6.07) is 12.7. The molecule has 0 radical (unpaired) electrons. The van der Waals surface area contributed by atoms with Crippen LogP contribution in [-0.2, 0) is 6.54 Å². The van der Waals surface area contributed by atoms with Crippen LogP contribution in [0.1, 0.15) is 11.1 Å². The van der Waals surface area contributed by atoms with Crippen LogP contribution in [0.3, 0.4) is 0 Å². The summed E-state index contributed by atoms with van der Waals surface area (Å²) in [5.41, 5.74) is 3.91. The fraction of sp³-hybridized carbons (Fsp3) is 0.133. The van der Waals surface area contributed by atoms with Crippen molar-refractivity contribution in [1.82, 2.24) is 4.98 Å². The lowest BCUT2D eigenvalue weighted by Gasteiger charge is -2.28. The van der Waals surface area contributed by atoms with Gasteiger partial charge in [-0.2, -0.15) is 0 Å². The smallest absolute Gasteiger partial charge is 0.0445 e. The normalized spacial score (nSPS) is 13.5. The third kappa shape index (κ3) is 2.07. The van der Waals surface area contributed by atoms with Crippen LogP contribution < -0.4 is 4.90 Å². The van der Waals surface area contributed by atoms with E-state index in [-0.39, 0.29) is 0 Å². The van der Waals surface area contributed by atoms with Gasteiger partial charge in [-0.25, -0.2) is 0 Å². The monoisotopic (exact) mass is 222 g/mol. The molecule has 0 saturated carbocycles. The molecule has 0 aliphatic carbocycles. The Kier molecular flexibility index (Phi) is 2.62. The van der Waals surface area contributed by atoms with Gasteiger partial charge in [0.1, 0.15) is 0 Å². The highest BCUT2D eigenvalue weighted by Gasteiger charge is 2.12. The Balaban J connectivity index is 1.88. The van der Waals surface area contributed by atoms with Crippen molar-refractivity contribution in [3.8, 4) is 0 Å². The Bertz CT molecular complexity index is 532. The van der Waals surface area contributed by atoms with Gasteiger partial charge >= 0.3 is 0 Å². The van der Waals surface area contributed by atoms with E-state index >= 15 is 0 Å². The van der Waals surface area contributed by atoms with E-state index in [0.717, 1.165) is 13.1 Å². The van der Waals surface area contributed by atoms with E-state index in [1.807, 2.05) is 12.4 Å². The maximum Gasteiger partial charge on any atom is 0.0445 e. The molecule has 2 heteroatoms. The number of hydrogen-bond acceptors (Lipinski definition) is 2. The minimum atomic E-state index is 0.934. The zero-order valence-electron chi connectivity index (χ0n) is 9.58. The van der Waals surface area contributed by atoms with Crippen LogP contribution in [0.5, 0.6) is 0 Å². The summed E-state index contributed by atoms with van der Waals surface area (Å²) in [4.78, 5) is 6.43. The highest BCUT2D eigenvalue weighted by Crippen LogP contribution is 2.26. The Labute approximate surface area is 101 Å². The van der Waals surface area contributed by atoms with Gasteiger partial charge in [-0.1, -0.05) is 30.4 Å². The van der Waals surface area contributed by atoms with Crippen LogP contribution >= 0.6 is 0 Å². The number of hydrogen-bond donors (Lipinski definition) is 0. The van der Waals surface area contributed by atoms with Crippen LogP contribution in [0, 0.1) is 0 Å². The molecule has 84 valence electrons. The van der Waals surface area contributed by atoms with Crippen molar-refractivity contribution in [3.05, 3.63) is 66.0 Å². The predicted molar refractivity (Wildman–Crippen MR) is 70.8 cm³/mol. The molecule has 3 rings (SSSR count). The Morgan fingerprint density at radius 3 is 2.76 bits per heavy atom. The van der Waals surface area contributed by atoms with E-state index in [4.69, 9.17) is 0 Å². The maximum absolute atomic E-state index is 4.05. The number of para-hydroxylation sites is 1. The highest BCUT2D eigenvalue weighted by atomic mass is 15.1. The first-order valence-electron chi connectivity index (χ1n) is 5.83. The molecule has 0 fully saturated rings. The molecule has 2 aromatic rings. The van der Waals surface area contributed by atoms with Gasteiger partial charge in [-0.15, -0.1) is 0 Å². The lowest BCUT2D eigenvalue weighted by atomic mass is 10.1. The summed E-state index contributed by atoms with van der Waals surface area (Å²) >= 11 is 0. The lowest BCUT2D eigenvalue weighted by molar-refractivity contribution is 0.859. The van der Waals surface area contributed by atoms with Crippen LogP contribution in [-0.4, -0.2) is 11.5 Å². The molecule has 2 nitrogen and oxygen atoms in total. The summed E-state index contributed by atoms with van der Waals surface area (Å²) < 4.78 is 0. The van der Waals surface area contributed by atoms with E-state index in [0.29, 0.717) is 0 Å². The second-order valence-electron chi connectivity index (χ2n) is 4.20. The summed E-state index contributed by atoms with van der Waals surface area (Å²) in [6.07, 6.45) is 8.10. The molecule has 2 heterocycles. The molecule has 1 aliphatic heterocycles. The zero-order chi connectivity index (χ0) is 11.5. The topological polar surface area (TPSA) is 16.1 Å². The fourth-order valence-corrected chi connectivity index (χ4v) is 2.18. The molecule has 0 amide bonds. The van der Waals surface area contributed by atoms with E-state index in [1.54, 1.807) is 0 Å². The SMILES string of the molecule is C1=Cc2ccccc2N(Cc2ccncc2)C1. The summed E-state index contributed by atoms with van der Waals surface area (Å²) in [6.45, 7) is 1.91.